The van der Waals surface area contributed by atoms with Crippen LogP contribution in [0, 0.1) is 6.92 Å². The van der Waals surface area contributed by atoms with Crippen molar-refractivity contribution in [3.63, 3.8) is 0 Å². The molecular weight excluding hydrogens is 259 g/mol. The Morgan fingerprint density at radius 3 is 2.29 bits per heavy atom. The Labute approximate surface area is 109 Å². The first kappa shape index (κ1) is 12.1. The van der Waals surface area contributed by atoms with E-state index in [2.05, 4.69) is 5.10 Å². The largest absolute Gasteiger partial charge is 0.288 e. The van der Waals surface area contributed by atoms with E-state index in [0.717, 1.165) is 0 Å². The van der Waals surface area contributed by atoms with E-state index < -0.39 is 0 Å². The van der Waals surface area contributed by atoms with Crippen LogP contribution in [0.15, 0.2) is 24.3 Å². The number of hydrogen-bond acceptors (Lipinski definition) is 2. The van der Waals surface area contributed by atoms with Crippen molar-refractivity contribution in [2.75, 3.05) is 0 Å². The average molecular weight is 269 g/mol. The maximum atomic E-state index is 12.2. The first-order chi connectivity index (χ1) is 8.00. The molecule has 0 amide bonds. The summed E-state index contributed by atoms with van der Waals surface area (Å²) >= 11 is 11.8. The summed E-state index contributed by atoms with van der Waals surface area (Å²) in [6.07, 6.45) is 0. The Balaban J connectivity index is 2.47. The monoisotopic (exact) mass is 268 g/mol. The second kappa shape index (κ2) is 4.51. The smallest absolute Gasteiger partial charge is 0.198 e. The first-order valence-electron chi connectivity index (χ1n) is 5.00. The Kier molecular flexibility index (Phi) is 3.22. The van der Waals surface area contributed by atoms with Crippen molar-refractivity contribution in [2.45, 2.75) is 6.92 Å². The van der Waals surface area contributed by atoms with Crippen LogP contribution < -0.4 is 0 Å². The SMILES string of the molecule is Cc1nn(C)c(Cl)c1C(=O)c1ccc(Cl)cc1. The highest BCUT2D eigenvalue weighted by molar-refractivity contribution is 6.34. The van der Waals surface area contributed by atoms with Crippen LogP contribution >= 0.6 is 23.2 Å². The fourth-order valence-corrected chi connectivity index (χ4v) is 2.02. The minimum absolute atomic E-state index is 0.141. The number of rotatable bonds is 2. The van der Waals surface area contributed by atoms with E-state index in [1.54, 1.807) is 38.2 Å². The summed E-state index contributed by atoms with van der Waals surface area (Å²) in [4.78, 5) is 12.2. The number of nitrogens with zero attached hydrogens (tertiary/aromatic N) is 2. The van der Waals surface area contributed by atoms with Crippen molar-refractivity contribution in [1.82, 2.24) is 9.78 Å². The third kappa shape index (κ3) is 2.21. The van der Waals surface area contributed by atoms with Crippen molar-refractivity contribution >= 4 is 29.0 Å². The average Bonchev–Trinajstić information content (AvgIpc) is 2.53. The van der Waals surface area contributed by atoms with Gasteiger partial charge in [-0.15, -0.1) is 0 Å². The summed E-state index contributed by atoms with van der Waals surface area (Å²) in [5, 5.41) is 5.06. The van der Waals surface area contributed by atoms with Crippen LogP contribution in [-0.4, -0.2) is 15.6 Å². The van der Waals surface area contributed by atoms with Gasteiger partial charge in [-0.1, -0.05) is 23.2 Å². The van der Waals surface area contributed by atoms with Gasteiger partial charge in [0.15, 0.2) is 5.78 Å². The van der Waals surface area contributed by atoms with Crippen molar-refractivity contribution in [1.29, 1.82) is 0 Å². The Morgan fingerprint density at radius 2 is 1.82 bits per heavy atom. The molecule has 2 rings (SSSR count). The zero-order valence-electron chi connectivity index (χ0n) is 9.37. The lowest BCUT2D eigenvalue weighted by Crippen LogP contribution is -2.02. The molecule has 1 aromatic heterocycles. The number of ketones is 1. The summed E-state index contributed by atoms with van der Waals surface area (Å²) in [5.41, 5.74) is 1.61. The first-order valence-corrected chi connectivity index (χ1v) is 5.75. The van der Waals surface area contributed by atoms with Gasteiger partial charge in [-0.3, -0.25) is 9.48 Å². The van der Waals surface area contributed by atoms with Crippen molar-refractivity contribution in [2.24, 2.45) is 7.05 Å². The second-order valence-corrected chi connectivity index (χ2v) is 4.51. The van der Waals surface area contributed by atoms with Crippen LogP contribution in [0.5, 0.6) is 0 Å². The molecule has 2 aromatic rings. The van der Waals surface area contributed by atoms with E-state index in [4.69, 9.17) is 23.2 Å². The number of aromatic nitrogens is 2. The van der Waals surface area contributed by atoms with Gasteiger partial charge >= 0.3 is 0 Å². The molecule has 0 radical (unpaired) electrons. The number of benzene rings is 1. The van der Waals surface area contributed by atoms with Gasteiger partial charge in [-0.25, -0.2) is 0 Å². The molecular formula is C12H10Cl2N2O. The van der Waals surface area contributed by atoms with Gasteiger partial charge in [0, 0.05) is 17.6 Å². The maximum Gasteiger partial charge on any atom is 0.198 e. The highest BCUT2D eigenvalue weighted by atomic mass is 35.5. The molecule has 0 spiro atoms. The highest BCUT2D eigenvalue weighted by Gasteiger charge is 2.20. The number of halogens is 2. The van der Waals surface area contributed by atoms with Gasteiger partial charge in [0.05, 0.1) is 11.3 Å². The molecule has 0 bridgehead atoms. The van der Waals surface area contributed by atoms with Crippen molar-refractivity contribution in [3.05, 3.63) is 51.3 Å². The summed E-state index contributed by atoms with van der Waals surface area (Å²) in [6.45, 7) is 1.76. The minimum Gasteiger partial charge on any atom is -0.288 e. The Morgan fingerprint density at radius 1 is 1.24 bits per heavy atom. The summed E-state index contributed by atoms with van der Waals surface area (Å²) in [7, 11) is 1.70. The normalized spacial score (nSPS) is 10.6. The molecule has 5 heteroatoms. The second-order valence-electron chi connectivity index (χ2n) is 3.71. The molecule has 0 aliphatic carbocycles. The van der Waals surface area contributed by atoms with Gasteiger partial charge in [0.2, 0.25) is 0 Å². The topological polar surface area (TPSA) is 34.9 Å². The standard InChI is InChI=1S/C12H10Cl2N2O/c1-7-10(12(14)16(2)15-7)11(17)8-3-5-9(13)6-4-8/h3-6H,1-2H3. The third-order valence-corrected chi connectivity index (χ3v) is 3.17. The molecule has 1 heterocycles. The molecule has 88 valence electrons. The molecule has 17 heavy (non-hydrogen) atoms. The molecule has 1 aromatic carbocycles. The predicted octanol–water partition coefficient (Wildman–Crippen LogP) is 3.27. The molecule has 0 aliphatic rings. The van der Waals surface area contributed by atoms with E-state index in [1.165, 1.54) is 4.68 Å². The summed E-state index contributed by atoms with van der Waals surface area (Å²) in [5.74, 6) is -0.141. The van der Waals surface area contributed by atoms with E-state index >= 15 is 0 Å². The lowest BCUT2D eigenvalue weighted by molar-refractivity contribution is 0.103. The zero-order valence-corrected chi connectivity index (χ0v) is 10.9. The molecule has 0 N–H and O–H groups in total. The molecule has 0 unspecified atom stereocenters. The van der Waals surface area contributed by atoms with Crippen LogP contribution in [0.25, 0.3) is 0 Å². The third-order valence-electron chi connectivity index (χ3n) is 2.49. The van der Waals surface area contributed by atoms with Gasteiger partial charge in [0.25, 0.3) is 0 Å². The zero-order chi connectivity index (χ0) is 12.6. The number of aryl methyl sites for hydroxylation is 2. The van der Waals surface area contributed by atoms with Gasteiger partial charge in [0.1, 0.15) is 5.15 Å². The van der Waals surface area contributed by atoms with Crippen molar-refractivity contribution in [3.8, 4) is 0 Å². The molecule has 0 saturated heterocycles. The fourth-order valence-electron chi connectivity index (χ4n) is 1.63. The predicted molar refractivity (Wildman–Crippen MR) is 67.8 cm³/mol. The maximum absolute atomic E-state index is 12.2. The van der Waals surface area contributed by atoms with Crippen LogP contribution in [0.2, 0.25) is 10.2 Å². The van der Waals surface area contributed by atoms with Gasteiger partial charge < -0.3 is 0 Å². The fraction of sp³-hybridized carbons (Fsp3) is 0.167. The minimum atomic E-state index is -0.141. The lowest BCUT2D eigenvalue weighted by atomic mass is 10.0. The molecule has 3 nitrogen and oxygen atoms in total. The molecule has 0 saturated carbocycles. The Bertz CT molecular complexity index is 573. The quantitative estimate of drug-likeness (QED) is 0.784. The van der Waals surface area contributed by atoms with E-state index in [1.807, 2.05) is 0 Å². The van der Waals surface area contributed by atoms with Crippen LogP contribution in [0.4, 0.5) is 0 Å². The van der Waals surface area contributed by atoms with E-state index in [9.17, 15) is 4.79 Å². The van der Waals surface area contributed by atoms with Crippen LogP contribution in [-0.2, 0) is 7.05 Å². The van der Waals surface area contributed by atoms with Crippen molar-refractivity contribution < 1.29 is 4.79 Å². The highest BCUT2D eigenvalue weighted by Crippen LogP contribution is 2.22. The van der Waals surface area contributed by atoms with Gasteiger partial charge in [-0.05, 0) is 31.2 Å². The number of carbonyl (C=O) groups excluding carboxylic acids is 1. The Hall–Kier alpha value is -1.32. The number of hydrogen-bond donors (Lipinski definition) is 0. The molecule has 0 fully saturated rings. The van der Waals surface area contributed by atoms with Crippen LogP contribution in [0.1, 0.15) is 21.6 Å². The lowest BCUT2D eigenvalue weighted by Gasteiger charge is -2.00. The van der Waals surface area contributed by atoms with E-state index in [0.29, 0.717) is 27.0 Å². The molecule has 0 atom stereocenters. The molecule has 0 aliphatic heterocycles. The number of carbonyl (C=O) groups is 1. The van der Waals surface area contributed by atoms with E-state index in [-0.39, 0.29) is 5.78 Å². The van der Waals surface area contributed by atoms with Gasteiger partial charge in [-0.2, -0.15) is 5.10 Å². The summed E-state index contributed by atoms with van der Waals surface area (Å²) in [6, 6.07) is 6.70. The van der Waals surface area contributed by atoms with Crippen LogP contribution in [0.3, 0.4) is 0 Å². The summed E-state index contributed by atoms with van der Waals surface area (Å²) < 4.78 is 1.49.